The smallest absolute Gasteiger partial charge is 0.305 e. The van der Waals surface area contributed by atoms with Crippen LogP contribution in [0, 0.1) is 5.92 Å². The first kappa shape index (κ1) is 15.3. The van der Waals surface area contributed by atoms with Crippen LogP contribution >= 0.6 is 0 Å². The van der Waals surface area contributed by atoms with Gasteiger partial charge in [-0.3, -0.25) is 9.59 Å². The molecule has 5 heteroatoms. The molecular formula is C15H25NO4. The zero-order valence-corrected chi connectivity index (χ0v) is 12.0. The Bertz CT molecular complexity index is 342. The van der Waals surface area contributed by atoms with Gasteiger partial charge in [0.25, 0.3) is 0 Å². The van der Waals surface area contributed by atoms with Gasteiger partial charge in [0.15, 0.2) is 0 Å². The number of hydrogen-bond acceptors (Lipinski definition) is 3. The first-order chi connectivity index (χ1) is 9.61. The summed E-state index contributed by atoms with van der Waals surface area (Å²) in [7, 11) is 0. The number of ether oxygens (including phenoxy) is 1. The average molecular weight is 283 g/mol. The lowest BCUT2D eigenvalue weighted by atomic mass is 9.88. The number of carbonyl (C=O) groups is 2. The van der Waals surface area contributed by atoms with Crippen LogP contribution in [0.2, 0.25) is 0 Å². The maximum absolute atomic E-state index is 12.4. The molecule has 0 aromatic carbocycles. The summed E-state index contributed by atoms with van der Waals surface area (Å²) in [6.45, 7) is 0.843. The highest BCUT2D eigenvalue weighted by Gasteiger charge is 2.39. The third-order valence-electron chi connectivity index (χ3n) is 4.46. The maximum atomic E-state index is 12.4. The van der Waals surface area contributed by atoms with E-state index < -0.39 is 11.5 Å². The van der Waals surface area contributed by atoms with Gasteiger partial charge in [0, 0.05) is 12.5 Å². The van der Waals surface area contributed by atoms with E-state index in [4.69, 9.17) is 9.84 Å². The Hall–Kier alpha value is -1.10. The van der Waals surface area contributed by atoms with Crippen LogP contribution in [-0.4, -0.2) is 35.7 Å². The van der Waals surface area contributed by atoms with Gasteiger partial charge < -0.3 is 15.2 Å². The first-order valence-corrected chi connectivity index (χ1v) is 7.73. The van der Waals surface area contributed by atoms with E-state index in [1.165, 1.54) is 19.3 Å². The number of rotatable bonds is 4. The van der Waals surface area contributed by atoms with Crippen LogP contribution in [0.25, 0.3) is 0 Å². The largest absolute Gasteiger partial charge is 0.481 e. The van der Waals surface area contributed by atoms with Crippen molar-refractivity contribution in [1.82, 2.24) is 5.32 Å². The predicted octanol–water partition coefficient (Wildman–Crippen LogP) is 2.10. The monoisotopic (exact) mass is 283 g/mol. The fourth-order valence-electron chi connectivity index (χ4n) is 3.26. The Morgan fingerprint density at radius 2 is 1.80 bits per heavy atom. The summed E-state index contributed by atoms with van der Waals surface area (Å²) in [6, 6.07) is 0. The van der Waals surface area contributed by atoms with Crippen molar-refractivity contribution >= 4 is 11.9 Å². The number of carbonyl (C=O) groups excluding carboxylic acids is 1. The van der Waals surface area contributed by atoms with Gasteiger partial charge in [-0.05, 0) is 19.3 Å². The molecule has 1 aliphatic heterocycles. The molecule has 2 fully saturated rings. The molecule has 0 aromatic rings. The standard InChI is InChI=1S/C15H25NO4/c17-13(18)10-15(8-9-20-11-15)16-14(19)12-6-4-2-1-3-5-7-12/h12H,1-11H2,(H,16,19)(H,17,18). The van der Waals surface area contributed by atoms with Crippen molar-refractivity contribution in [3.8, 4) is 0 Å². The summed E-state index contributed by atoms with van der Waals surface area (Å²) in [5.41, 5.74) is -0.689. The van der Waals surface area contributed by atoms with E-state index in [9.17, 15) is 9.59 Å². The van der Waals surface area contributed by atoms with Crippen molar-refractivity contribution in [3.05, 3.63) is 0 Å². The minimum atomic E-state index is -0.881. The third-order valence-corrected chi connectivity index (χ3v) is 4.46. The Kier molecular flexibility index (Phi) is 5.40. The topological polar surface area (TPSA) is 75.6 Å². The molecule has 1 amide bonds. The summed E-state index contributed by atoms with van der Waals surface area (Å²) < 4.78 is 5.32. The molecule has 1 aliphatic carbocycles. The van der Waals surface area contributed by atoms with Gasteiger partial charge in [0.1, 0.15) is 0 Å². The van der Waals surface area contributed by atoms with Crippen molar-refractivity contribution in [2.75, 3.05) is 13.2 Å². The first-order valence-electron chi connectivity index (χ1n) is 7.73. The van der Waals surface area contributed by atoms with Gasteiger partial charge in [0.2, 0.25) is 5.91 Å². The van der Waals surface area contributed by atoms with E-state index in [0.29, 0.717) is 19.6 Å². The number of amides is 1. The number of carboxylic acids is 1. The minimum Gasteiger partial charge on any atom is -0.481 e. The molecule has 2 N–H and O–H groups in total. The molecule has 0 bridgehead atoms. The summed E-state index contributed by atoms with van der Waals surface area (Å²) in [4.78, 5) is 23.5. The molecule has 2 aliphatic rings. The fourth-order valence-corrected chi connectivity index (χ4v) is 3.26. The van der Waals surface area contributed by atoms with Gasteiger partial charge in [-0.1, -0.05) is 32.1 Å². The zero-order chi connectivity index (χ0) is 14.4. The maximum Gasteiger partial charge on any atom is 0.305 e. The predicted molar refractivity (Wildman–Crippen MR) is 74.4 cm³/mol. The number of nitrogens with one attached hydrogen (secondary N) is 1. The van der Waals surface area contributed by atoms with E-state index in [0.717, 1.165) is 25.7 Å². The van der Waals surface area contributed by atoms with E-state index in [1.807, 2.05) is 0 Å². The van der Waals surface area contributed by atoms with E-state index in [2.05, 4.69) is 5.32 Å². The van der Waals surface area contributed by atoms with E-state index in [1.54, 1.807) is 0 Å². The number of carboxylic acid groups (broad SMARTS) is 1. The molecule has 0 aromatic heterocycles. The molecular weight excluding hydrogens is 258 g/mol. The minimum absolute atomic E-state index is 0.0265. The second-order valence-corrected chi connectivity index (χ2v) is 6.18. The van der Waals surface area contributed by atoms with Gasteiger partial charge in [-0.25, -0.2) is 0 Å². The van der Waals surface area contributed by atoms with Crippen LogP contribution in [-0.2, 0) is 14.3 Å². The molecule has 5 nitrogen and oxygen atoms in total. The van der Waals surface area contributed by atoms with Crippen LogP contribution in [0.3, 0.4) is 0 Å². The summed E-state index contributed by atoms with van der Waals surface area (Å²) in [5, 5.41) is 12.0. The van der Waals surface area contributed by atoms with Crippen LogP contribution in [0.5, 0.6) is 0 Å². The van der Waals surface area contributed by atoms with Crippen LogP contribution in [0.1, 0.15) is 57.8 Å². The highest BCUT2D eigenvalue weighted by molar-refractivity contribution is 5.80. The fraction of sp³-hybridized carbons (Fsp3) is 0.867. The van der Waals surface area contributed by atoms with Gasteiger partial charge in [-0.2, -0.15) is 0 Å². The molecule has 0 radical (unpaired) electrons. The number of aliphatic carboxylic acids is 1. The number of hydrogen-bond donors (Lipinski definition) is 2. The lowest BCUT2D eigenvalue weighted by Gasteiger charge is -2.30. The molecule has 0 spiro atoms. The molecule has 1 saturated heterocycles. The van der Waals surface area contributed by atoms with E-state index >= 15 is 0 Å². The highest BCUT2D eigenvalue weighted by Crippen LogP contribution is 2.26. The third kappa shape index (κ3) is 4.20. The molecule has 1 saturated carbocycles. The van der Waals surface area contributed by atoms with Gasteiger partial charge in [0.05, 0.1) is 18.6 Å². The normalized spacial score (nSPS) is 28.6. The van der Waals surface area contributed by atoms with Crippen molar-refractivity contribution < 1.29 is 19.4 Å². The summed E-state index contributed by atoms with van der Waals surface area (Å²) in [6.07, 6.45) is 8.27. The Labute approximate surface area is 120 Å². The summed E-state index contributed by atoms with van der Waals surface area (Å²) in [5.74, 6) is -0.811. The van der Waals surface area contributed by atoms with Crippen molar-refractivity contribution in [2.45, 2.75) is 63.3 Å². The van der Waals surface area contributed by atoms with Crippen molar-refractivity contribution in [2.24, 2.45) is 5.92 Å². The van der Waals surface area contributed by atoms with Crippen LogP contribution < -0.4 is 5.32 Å². The van der Waals surface area contributed by atoms with Crippen molar-refractivity contribution in [1.29, 1.82) is 0 Å². The average Bonchev–Trinajstić information content (AvgIpc) is 2.75. The Balaban J connectivity index is 1.94. The summed E-state index contributed by atoms with van der Waals surface area (Å²) >= 11 is 0. The van der Waals surface area contributed by atoms with Gasteiger partial charge in [-0.15, -0.1) is 0 Å². The highest BCUT2D eigenvalue weighted by atomic mass is 16.5. The molecule has 2 rings (SSSR count). The molecule has 1 heterocycles. The lowest BCUT2D eigenvalue weighted by Crippen LogP contribution is -2.52. The Morgan fingerprint density at radius 1 is 1.15 bits per heavy atom. The van der Waals surface area contributed by atoms with Gasteiger partial charge >= 0.3 is 5.97 Å². The second kappa shape index (κ2) is 7.07. The quantitative estimate of drug-likeness (QED) is 0.828. The molecule has 20 heavy (non-hydrogen) atoms. The van der Waals surface area contributed by atoms with Crippen molar-refractivity contribution in [3.63, 3.8) is 0 Å². The van der Waals surface area contributed by atoms with Crippen LogP contribution in [0.15, 0.2) is 0 Å². The molecule has 114 valence electrons. The van der Waals surface area contributed by atoms with E-state index in [-0.39, 0.29) is 18.2 Å². The SMILES string of the molecule is O=C(O)CC1(NC(=O)C2CCCCCCC2)CCOC1. The van der Waals surface area contributed by atoms with Crippen LogP contribution in [0.4, 0.5) is 0 Å². The Morgan fingerprint density at radius 3 is 2.35 bits per heavy atom. The zero-order valence-electron chi connectivity index (χ0n) is 12.0. The lowest BCUT2D eigenvalue weighted by molar-refractivity contribution is -0.139. The second-order valence-electron chi connectivity index (χ2n) is 6.18. The molecule has 1 unspecified atom stereocenters. The molecule has 1 atom stereocenters.